The van der Waals surface area contributed by atoms with Crippen molar-refractivity contribution in [2.75, 3.05) is 33.7 Å². The Labute approximate surface area is 122 Å². The molecule has 2 aliphatic rings. The standard InChI is InChI=1S/C15H28N4O/c1-14(2,12(20)16-3)10-18-13(17-4)19-9-8-15(11-19)6-5-7-15/h5-11H2,1-4H3,(H,16,20)(H,17,18). The molecule has 1 amide bonds. The van der Waals surface area contributed by atoms with Crippen molar-refractivity contribution in [2.24, 2.45) is 15.8 Å². The van der Waals surface area contributed by atoms with Crippen molar-refractivity contribution in [1.82, 2.24) is 15.5 Å². The van der Waals surface area contributed by atoms with E-state index in [2.05, 4.69) is 20.5 Å². The Kier molecular flexibility index (Phi) is 4.25. The highest BCUT2D eigenvalue weighted by Gasteiger charge is 2.43. The minimum atomic E-state index is -0.432. The van der Waals surface area contributed by atoms with Gasteiger partial charge in [0.2, 0.25) is 5.91 Å². The summed E-state index contributed by atoms with van der Waals surface area (Å²) in [6, 6.07) is 0. The van der Waals surface area contributed by atoms with Gasteiger partial charge < -0.3 is 15.5 Å². The third-order valence-electron chi connectivity index (χ3n) is 4.89. The van der Waals surface area contributed by atoms with Gasteiger partial charge in [-0.25, -0.2) is 0 Å². The van der Waals surface area contributed by atoms with Gasteiger partial charge in [-0.05, 0) is 38.5 Å². The van der Waals surface area contributed by atoms with E-state index in [0.717, 1.165) is 19.0 Å². The van der Waals surface area contributed by atoms with E-state index in [1.807, 2.05) is 20.9 Å². The van der Waals surface area contributed by atoms with Gasteiger partial charge in [0.15, 0.2) is 5.96 Å². The van der Waals surface area contributed by atoms with Gasteiger partial charge in [0.25, 0.3) is 0 Å². The van der Waals surface area contributed by atoms with Crippen molar-refractivity contribution >= 4 is 11.9 Å². The Bertz CT molecular complexity index is 399. The van der Waals surface area contributed by atoms with Crippen LogP contribution in [0.5, 0.6) is 0 Å². The molecule has 1 heterocycles. The molecule has 2 rings (SSSR count). The van der Waals surface area contributed by atoms with Gasteiger partial charge in [0, 0.05) is 33.7 Å². The average molecular weight is 280 g/mol. The van der Waals surface area contributed by atoms with E-state index >= 15 is 0 Å². The topological polar surface area (TPSA) is 56.7 Å². The Hall–Kier alpha value is -1.26. The summed E-state index contributed by atoms with van der Waals surface area (Å²) in [6.45, 7) is 6.70. The molecule has 5 heteroatoms. The quantitative estimate of drug-likeness (QED) is 0.603. The van der Waals surface area contributed by atoms with E-state index in [4.69, 9.17) is 0 Å². The lowest BCUT2D eigenvalue weighted by Crippen LogP contribution is -2.48. The molecule has 2 N–H and O–H groups in total. The molecule has 1 aliphatic heterocycles. The van der Waals surface area contributed by atoms with Crippen LogP contribution >= 0.6 is 0 Å². The normalized spacial score (nSPS) is 21.8. The first-order valence-corrected chi connectivity index (χ1v) is 7.60. The zero-order chi connectivity index (χ0) is 14.8. The van der Waals surface area contributed by atoms with E-state index in [1.165, 1.54) is 25.7 Å². The van der Waals surface area contributed by atoms with E-state index in [9.17, 15) is 4.79 Å². The van der Waals surface area contributed by atoms with Crippen LogP contribution in [0.1, 0.15) is 39.5 Å². The molecule has 5 nitrogen and oxygen atoms in total. The molecule has 0 unspecified atom stereocenters. The summed E-state index contributed by atoms with van der Waals surface area (Å²) in [5.74, 6) is 0.989. The Balaban J connectivity index is 1.89. The SMILES string of the molecule is CN=C(NCC(C)(C)C(=O)NC)N1CCC2(CCC2)C1. The predicted molar refractivity (Wildman–Crippen MR) is 81.7 cm³/mol. The van der Waals surface area contributed by atoms with Gasteiger partial charge in [0.05, 0.1) is 5.41 Å². The van der Waals surface area contributed by atoms with Crippen molar-refractivity contribution in [3.63, 3.8) is 0 Å². The summed E-state index contributed by atoms with van der Waals surface area (Å²) < 4.78 is 0. The Morgan fingerprint density at radius 3 is 2.50 bits per heavy atom. The first-order valence-electron chi connectivity index (χ1n) is 7.60. The van der Waals surface area contributed by atoms with Gasteiger partial charge in [-0.1, -0.05) is 6.42 Å². The van der Waals surface area contributed by atoms with Gasteiger partial charge in [-0.3, -0.25) is 9.79 Å². The minimum absolute atomic E-state index is 0.0531. The second-order valence-electron chi connectivity index (χ2n) is 6.89. The molecule has 1 saturated carbocycles. The van der Waals surface area contributed by atoms with E-state index in [-0.39, 0.29) is 5.91 Å². The maximum absolute atomic E-state index is 11.8. The number of nitrogens with one attached hydrogen (secondary N) is 2. The number of rotatable bonds is 3. The smallest absolute Gasteiger partial charge is 0.227 e. The lowest BCUT2D eigenvalue weighted by molar-refractivity contribution is -0.128. The molecule has 20 heavy (non-hydrogen) atoms. The summed E-state index contributed by atoms with van der Waals surface area (Å²) >= 11 is 0. The van der Waals surface area contributed by atoms with Crippen LogP contribution in [0.3, 0.4) is 0 Å². The molecule has 0 aromatic carbocycles. The molecule has 114 valence electrons. The van der Waals surface area contributed by atoms with Crippen LogP contribution in [0, 0.1) is 10.8 Å². The van der Waals surface area contributed by atoms with Crippen LogP contribution in [-0.4, -0.2) is 50.5 Å². The summed E-state index contributed by atoms with van der Waals surface area (Å²) in [5.41, 5.74) is 0.131. The fourth-order valence-electron chi connectivity index (χ4n) is 3.25. The Morgan fingerprint density at radius 1 is 1.35 bits per heavy atom. The van der Waals surface area contributed by atoms with Gasteiger partial charge in [-0.2, -0.15) is 0 Å². The van der Waals surface area contributed by atoms with Crippen LogP contribution in [-0.2, 0) is 4.79 Å². The highest BCUT2D eigenvalue weighted by Crippen LogP contribution is 2.47. The summed E-state index contributed by atoms with van der Waals surface area (Å²) in [6.07, 6.45) is 5.39. The first-order chi connectivity index (χ1) is 9.42. The molecular formula is C15H28N4O. The molecule has 1 saturated heterocycles. The molecule has 0 aromatic heterocycles. The molecule has 0 radical (unpaired) electrons. The van der Waals surface area contributed by atoms with Gasteiger partial charge >= 0.3 is 0 Å². The number of carbonyl (C=O) groups excluding carboxylic acids is 1. The summed E-state index contributed by atoms with van der Waals surface area (Å²) in [7, 11) is 3.50. The molecular weight excluding hydrogens is 252 g/mol. The Morgan fingerprint density at radius 2 is 2.05 bits per heavy atom. The second-order valence-corrected chi connectivity index (χ2v) is 6.89. The monoisotopic (exact) mass is 280 g/mol. The van der Waals surface area contributed by atoms with E-state index in [0.29, 0.717) is 12.0 Å². The average Bonchev–Trinajstić information content (AvgIpc) is 2.83. The molecule has 2 fully saturated rings. The minimum Gasteiger partial charge on any atom is -0.359 e. The van der Waals surface area contributed by atoms with Crippen molar-refractivity contribution in [1.29, 1.82) is 0 Å². The maximum atomic E-state index is 11.8. The van der Waals surface area contributed by atoms with Crippen molar-refractivity contribution in [3.8, 4) is 0 Å². The zero-order valence-electron chi connectivity index (χ0n) is 13.3. The van der Waals surface area contributed by atoms with Crippen LogP contribution < -0.4 is 10.6 Å². The number of likely N-dealkylation sites (tertiary alicyclic amines) is 1. The molecule has 0 bridgehead atoms. The molecule has 1 spiro atoms. The van der Waals surface area contributed by atoms with Gasteiger partial charge in [-0.15, -0.1) is 0 Å². The largest absolute Gasteiger partial charge is 0.359 e. The number of nitrogens with zero attached hydrogens (tertiary/aromatic N) is 2. The van der Waals surface area contributed by atoms with Gasteiger partial charge in [0.1, 0.15) is 0 Å². The fourth-order valence-corrected chi connectivity index (χ4v) is 3.25. The number of carbonyl (C=O) groups is 1. The lowest BCUT2D eigenvalue weighted by atomic mass is 9.68. The predicted octanol–water partition coefficient (Wildman–Crippen LogP) is 1.21. The van der Waals surface area contributed by atoms with E-state index < -0.39 is 5.41 Å². The highest BCUT2D eigenvalue weighted by atomic mass is 16.2. The molecule has 0 aromatic rings. The van der Waals surface area contributed by atoms with Crippen molar-refractivity contribution < 1.29 is 4.79 Å². The number of hydrogen-bond donors (Lipinski definition) is 2. The number of hydrogen-bond acceptors (Lipinski definition) is 2. The second kappa shape index (κ2) is 5.62. The van der Waals surface area contributed by atoms with Crippen LogP contribution in [0.15, 0.2) is 4.99 Å². The third-order valence-corrected chi connectivity index (χ3v) is 4.89. The maximum Gasteiger partial charge on any atom is 0.227 e. The first kappa shape index (κ1) is 15.1. The zero-order valence-corrected chi connectivity index (χ0v) is 13.3. The third kappa shape index (κ3) is 2.91. The molecule has 0 atom stereocenters. The number of guanidine groups is 1. The van der Waals surface area contributed by atoms with Crippen molar-refractivity contribution in [2.45, 2.75) is 39.5 Å². The highest BCUT2D eigenvalue weighted by molar-refractivity contribution is 5.84. The number of aliphatic imine (C=N–C) groups is 1. The van der Waals surface area contributed by atoms with Crippen LogP contribution in [0.25, 0.3) is 0 Å². The fraction of sp³-hybridized carbons (Fsp3) is 0.867. The lowest BCUT2D eigenvalue weighted by Gasteiger charge is -2.38. The summed E-state index contributed by atoms with van der Waals surface area (Å²) in [4.78, 5) is 18.5. The number of amides is 1. The van der Waals surface area contributed by atoms with Crippen LogP contribution in [0.4, 0.5) is 0 Å². The summed E-state index contributed by atoms with van der Waals surface area (Å²) in [5, 5.41) is 6.08. The van der Waals surface area contributed by atoms with Crippen molar-refractivity contribution in [3.05, 3.63) is 0 Å². The molecule has 1 aliphatic carbocycles. The van der Waals surface area contributed by atoms with E-state index in [1.54, 1.807) is 7.05 Å². The van der Waals surface area contributed by atoms with Crippen LogP contribution in [0.2, 0.25) is 0 Å².